The average molecular weight is 589 g/mol. The van der Waals surface area contributed by atoms with Crippen molar-refractivity contribution in [3.8, 4) is 0 Å². The van der Waals surface area contributed by atoms with Crippen LogP contribution in [0.2, 0.25) is 0 Å². The maximum absolute atomic E-state index is 2.65. The molecule has 0 aliphatic heterocycles. The van der Waals surface area contributed by atoms with E-state index in [-0.39, 0.29) is 37.9 Å². The highest BCUT2D eigenvalue weighted by Crippen LogP contribution is 2.49. The average Bonchev–Trinajstić information content (AvgIpc) is 2.72. The number of rotatable bonds is 3. The SMILES string of the molecule is CC(Cc1c(C(C)(C)C)cc(C(C)(C)C)cc1C(C)(C)C)c1cc(C(C)(C)C)c(C(C)(C)C)c(C(C)(C)C)c1C(C)(C)C. The lowest BCUT2D eigenvalue weighted by atomic mass is 9.62. The molecule has 1 unspecified atom stereocenters. The molecular weight excluding hydrogens is 516 g/mol. The van der Waals surface area contributed by atoms with Crippen molar-refractivity contribution in [1.29, 1.82) is 0 Å². The molecule has 0 fully saturated rings. The monoisotopic (exact) mass is 589 g/mol. The van der Waals surface area contributed by atoms with Crippen LogP contribution in [-0.2, 0) is 44.3 Å². The minimum Gasteiger partial charge on any atom is -0.0581 e. The summed E-state index contributed by atoms with van der Waals surface area (Å²) in [6, 6.07) is 7.75. The third-order valence-electron chi connectivity index (χ3n) is 9.19. The fraction of sp³-hybridized carbons (Fsp3) is 0.721. The third-order valence-corrected chi connectivity index (χ3v) is 9.19. The second-order valence-electron chi connectivity index (χ2n) is 21.0. The zero-order valence-electron chi connectivity index (χ0n) is 33.0. The van der Waals surface area contributed by atoms with Crippen LogP contribution in [0, 0.1) is 0 Å². The Balaban J connectivity index is 3.16. The van der Waals surface area contributed by atoms with Crippen LogP contribution in [0.5, 0.6) is 0 Å². The van der Waals surface area contributed by atoms with E-state index in [0.29, 0.717) is 5.92 Å². The molecule has 0 aliphatic carbocycles. The van der Waals surface area contributed by atoms with E-state index in [0.717, 1.165) is 6.42 Å². The second-order valence-corrected chi connectivity index (χ2v) is 21.0. The first-order valence-corrected chi connectivity index (χ1v) is 17.1. The predicted molar refractivity (Wildman–Crippen MR) is 196 cm³/mol. The molecule has 0 aromatic heterocycles. The van der Waals surface area contributed by atoms with Crippen LogP contribution in [0.15, 0.2) is 18.2 Å². The Labute approximate surface area is 270 Å². The van der Waals surface area contributed by atoms with Crippen molar-refractivity contribution >= 4 is 0 Å². The van der Waals surface area contributed by atoms with Crippen molar-refractivity contribution in [2.45, 2.75) is 203 Å². The van der Waals surface area contributed by atoms with Gasteiger partial charge >= 0.3 is 0 Å². The van der Waals surface area contributed by atoms with Gasteiger partial charge < -0.3 is 0 Å². The summed E-state index contributed by atoms with van der Waals surface area (Å²) in [5, 5.41) is 0. The van der Waals surface area contributed by atoms with Crippen molar-refractivity contribution in [2.24, 2.45) is 0 Å². The van der Waals surface area contributed by atoms with Crippen LogP contribution < -0.4 is 0 Å². The van der Waals surface area contributed by atoms with Gasteiger partial charge in [-0.2, -0.15) is 0 Å². The summed E-state index contributed by atoms with van der Waals surface area (Å²) in [5.41, 5.74) is 14.2. The summed E-state index contributed by atoms with van der Waals surface area (Å²) in [6.07, 6.45) is 1.05. The minimum atomic E-state index is 0.0262. The molecule has 0 amide bonds. The number of hydrogen-bond donors (Lipinski definition) is 0. The van der Waals surface area contributed by atoms with Crippen LogP contribution in [0.3, 0.4) is 0 Å². The van der Waals surface area contributed by atoms with Crippen LogP contribution in [0.4, 0.5) is 0 Å². The molecule has 0 N–H and O–H groups in total. The van der Waals surface area contributed by atoms with Crippen LogP contribution in [0.25, 0.3) is 0 Å². The summed E-state index contributed by atoms with van der Waals surface area (Å²) in [6.45, 7) is 53.2. The predicted octanol–water partition coefficient (Wildman–Crippen LogP) is 13.1. The molecule has 0 saturated carbocycles. The van der Waals surface area contributed by atoms with E-state index in [1.165, 1.54) is 22.3 Å². The lowest BCUT2D eigenvalue weighted by Gasteiger charge is -2.43. The van der Waals surface area contributed by atoms with Gasteiger partial charge in [0.15, 0.2) is 0 Å². The van der Waals surface area contributed by atoms with E-state index in [2.05, 4.69) is 171 Å². The van der Waals surface area contributed by atoms with E-state index in [4.69, 9.17) is 0 Å². The Morgan fingerprint density at radius 2 is 0.744 bits per heavy atom. The summed E-state index contributed by atoms with van der Waals surface area (Å²) in [7, 11) is 0. The smallest absolute Gasteiger partial charge is 0.0126 e. The Bertz CT molecular complexity index is 1260. The van der Waals surface area contributed by atoms with Crippen molar-refractivity contribution < 1.29 is 0 Å². The summed E-state index contributed by atoms with van der Waals surface area (Å²) < 4.78 is 0. The van der Waals surface area contributed by atoms with E-state index >= 15 is 0 Å². The van der Waals surface area contributed by atoms with Crippen molar-refractivity contribution in [3.05, 3.63) is 68.3 Å². The van der Waals surface area contributed by atoms with Gasteiger partial charge in [0.2, 0.25) is 0 Å². The maximum Gasteiger partial charge on any atom is -0.0126 e. The van der Waals surface area contributed by atoms with Crippen LogP contribution in [0.1, 0.15) is 208 Å². The molecule has 0 saturated heterocycles. The highest BCUT2D eigenvalue weighted by molar-refractivity contribution is 5.58. The van der Waals surface area contributed by atoms with Gasteiger partial charge in [-0.25, -0.2) is 0 Å². The molecule has 0 heterocycles. The molecule has 2 aromatic rings. The van der Waals surface area contributed by atoms with Gasteiger partial charge in [0.1, 0.15) is 0 Å². The Hall–Kier alpha value is -1.56. The van der Waals surface area contributed by atoms with Gasteiger partial charge in [0, 0.05) is 0 Å². The molecule has 2 rings (SSSR count). The van der Waals surface area contributed by atoms with Gasteiger partial charge in [0.05, 0.1) is 0 Å². The highest BCUT2D eigenvalue weighted by atomic mass is 14.4. The Morgan fingerprint density at radius 3 is 1.02 bits per heavy atom. The molecule has 0 nitrogen and oxygen atoms in total. The molecule has 43 heavy (non-hydrogen) atoms. The van der Waals surface area contributed by atoms with Crippen LogP contribution in [-0.4, -0.2) is 0 Å². The number of benzene rings is 2. The van der Waals surface area contributed by atoms with Crippen LogP contribution >= 0.6 is 0 Å². The molecule has 0 aliphatic rings. The Kier molecular flexibility index (Phi) is 9.93. The molecular formula is C43H72. The molecule has 0 heteroatoms. The van der Waals surface area contributed by atoms with E-state index in [1.54, 1.807) is 27.8 Å². The van der Waals surface area contributed by atoms with Crippen molar-refractivity contribution in [2.75, 3.05) is 0 Å². The Morgan fingerprint density at radius 1 is 0.395 bits per heavy atom. The maximum atomic E-state index is 2.65. The van der Waals surface area contributed by atoms with Crippen molar-refractivity contribution in [3.63, 3.8) is 0 Å². The normalized spacial score (nSPS) is 15.2. The lowest BCUT2D eigenvalue weighted by Crippen LogP contribution is -2.34. The van der Waals surface area contributed by atoms with Gasteiger partial charge in [0.25, 0.3) is 0 Å². The largest absolute Gasteiger partial charge is 0.0581 e. The molecule has 0 spiro atoms. The van der Waals surface area contributed by atoms with E-state index in [9.17, 15) is 0 Å². The first-order valence-electron chi connectivity index (χ1n) is 17.1. The summed E-state index contributed by atoms with van der Waals surface area (Å²) in [5.74, 6) is 0.383. The fourth-order valence-electron chi connectivity index (χ4n) is 7.10. The zero-order valence-corrected chi connectivity index (χ0v) is 33.0. The highest BCUT2D eigenvalue weighted by Gasteiger charge is 2.39. The van der Waals surface area contributed by atoms with Gasteiger partial charge in [-0.15, -0.1) is 0 Å². The molecule has 1 atom stereocenters. The minimum absolute atomic E-state index is 0.0262. The third kappa shape index (κ3) is 8.38. The number of hydrogen-bond acceptors (Lipinski definition) is 0. The van der Waals surface area contributed by atoms with Gasteiger partial charge in [-0.3, -0.25) is 0 Å². The van der Waals surface area contributed by atoms with Crippen molar-refractivity contribution in [1.82, 2.24) is 0 Å². The van der Waals surface area contributed by atoms with E-state index in [1.807, 2.05) is 0 Å². The zero-order chi connectivity index (χ0) is 34.1. The second kappa shape index (κ2) is 11.4. The first kappa shape index (κ1) is 37.6. The lowest BCUT2D eigenvalue weighted by molar-refractivity contribution is 0.469. The van der Waals surface area contributed by atoms with Gasteiger partial charge in [-0.1, -0.05) is 171 Å². The standard InChI is InChI=1S/C43H72/c1-27(23-30-31(38(5,6)7)24-28(37(2,3)4)25-32(30)39(8,9)10)29-26-33(40(11,12)13)35(42(17,18)19)36(43(20,21)22)34(29)41(14,15)16/h24-27H,23H2,1-22H3. The molecule has 2 aromatic carbocycles. The molecule has 0 bridgehead atoms. The molecule has 244 valence electrons. The summed E-state index contributed by atoms with van der Waals surface area (Å²) >= 11 is 0. The molecule has 0 radical (unpaired) electrons. The quantitative estimate of drug-likeness (QED) is 0.334. The van der Waals surface area contributed by atoms with Gasteiger partial charge in [-0.05, 0) is 100 Å². The summed E-state index contributed by atoms with van der Waals surface area (Å²) in [4.78, 5) is 0. The first-order chi connectivity index (χ1) is 18.7. The topological polar surface area (TPSA) is 0 Å². The van der Waals surface area contributed by atoms with E-state index < -0.39 is 0 Å². The fourth-order valence-corrected chi connectivity index (χ4v) is 7.10.